The van der Waals surface area contributed by atoms with Crippen molar-refractivity contribution >= 4 is 5.97 Å². The average Bonchev–Trinajstić information content (AvgIpc) is 2.93. The van der Waals surface area contributed by atoms with Crippen LogP contribution in [0.5, 0.6) is 17.2 Å². The molecule has 0 saturated carbocycles. The van der Waals surface area contributed by atoms with Gasteiger partial charge < -0.3 is 18.9 Å². The highest BCUT2D eigenvalue weighted by atomic mass is 16.7. The second-order valence-corrected chi connectivity index (χ2v) is 4.68. The maximum absolute atomic E-state index is 11.7. The van der Waals surface area contributed by atoms with Crippen LogP contribution in [0.2, 0.25) is 0 Å². The number of esters is 1. The summed E-state index contributed by atoms with van der Waals surface area (Å²) in [5.74, 6) is 0.222. The number of methoxy groups -OCH3 is 1. The highest BCUT2D eigenvalue weighted by Gasteiger charge is 2.27. The Morgan fingerprint density at radius 3 is 2.86 bits per heavy atom. The zero-order chi connectivity index (χ0) is 16.1. The minimum absolute atomic E-state index is 0.0624. The van der Waals surface area contributed by atoms with Crippen molar-refractivity contribution in [2.24, 2.45) is 0 Å². The molecular weight excluding hydrogens is 294 g/mol. The number of ether oxygens (including phenoxy) is 4. The number of nitrogens with zero attached hydrogens (tertiary/aromatic N) is 1. The summed E-state index contributed by atoms with van der Waals surface area (Å²) in [7, 11) is 1.47. The Balaban J connectivity index is 2.30. The molecule has 22 heavy (non-hydrogen) atoms. The molecule has 0 spiro atoms. The Morgan fingerprint density at radius 2 is 2.23 bits per heavy atom. The van der Waals surface area contributed by atoms with Gasteiger partial charge in [-0.15, -0.1) is 0 Å². The molecule has 1 aliphatic rings. The van der Waals surface area contributed by atoms with Crippen molar-refractivity contribution in [2.45, 2.75) is 19.3 Å². The summed E-state index contributed by atoms with van der Waals surface area (Å²) in [4.78, 5) is 22.1. The summed E-state index contributed by atoms with van der Waals surface area (Å²) in [5.41, 5.74) is 0.575. The fourth-order valence-electron chi connectivity index (χ4n) is 2.27. The lowest BCUT2D eigenvalue weighted by Gasteiger charge is -2.15. The summed E-state index contributed by atoms with van der Waals surface area (Å²) in [6.45, 7) is 1.59. The van der Waals surface area contributed by atoms with Crippen molar-refractivity contribution in [3.05, 3.63) is 27.8 Å². The van der Waals surface area contributed by atoms with Crippen LogP contribution < -0.4 is 14.2 Å². The van der Waals surface area contributed by atoms with E-state index < -0.39 is 16.8 Å². The van der Waals surface area contributed by atoms with E-state index in [9.17, 15) is 14.9 Å². The lowest BCUT2D eigenvalue weighted by Crippen LogP contribution is -2.18. The zero-order valence-corrected chi connectivity index (χ0v) is 12.4. The predicted octanol–water partition coefficient (Wildman–Crippen LogP) is 1.74. The first-order valence-electron chi connectivity index (χ1n) is 6.80. The minimum atomic E-state index is -0.627. The standard InChI is InChI=1S/C14H17NO7/c1-3-20-13(16)6-10(7-15(17)18)9-4-11(19-2)14-12(5-9)21-8-22-14/h4-5,10H,3,6-8H2,1-2H3. The Morgan fingerprint density at radius 1 is 1.45 bits per heavy atom. The molecule has 0 amide bonds. The van der Waals surface area contributed by atoms with Gasteiger partial charge in [-0.1, -0.05) is 0 Å². The maximum Gasteiger partial charge on any atom is 0.306 e. The van der Waals surface area contributed by atoms with Crippen LogP contribution in [-0.2, 0) is 9.53 Å². The summed E-state index contributed by atoms with van der Waals surface area (Å²) < 4.78 is 20.7. The van der Waals surface area contributed by atoms with Crippen LogP contribution in [0.4, 0.5) is 0 Å². The molecule has 0 saturated heterocycles. The first-order chi connectivity index (χ1) is 10.5. The second kappa shape index (κ2) is 6.97. The van der Waals surface area contributed by atoms with E-state index in [0.29, 0.717) is 22.8 Å². The molecule has 2 rings (SSSR count). The first-order valence-corrected chi connectivity index (χ1v) is 6.80. The highest BCUT2D eigenvalue weighted by molar-refractivity contribution is 5.71. The number of nitro groups is 1. The normalized spacial score (nSPS) is 13.5. The molecule has 1 aromatic carbocycles. The molecule has 1 heterocycles. The van der Waals surface area contributed by atoms with Gasteiger partial charge in [0.05, 0.1) is 26.1 Å². The van der Waals surface area contributed by atoms with Crippen molar-refractivity contribution in [2.75, 3.05) is 27.1 Å². The molecule has 0 fully saturated rings. The van der Waals surface area contributed by atoms with Gasteiger partial charge >= 0.3 is 5.97 Å². The van der Waals surface area contributed by atoms with Crippen LogP contribution in [0.1, 0.15) is 24.8 Å². The van der Waals surface area contributed by atoms with Gasteiger partial charge in [0.2, 0.25) is 19.1 Å². The number of hydrogen-bond acceptors (Lipinski definition) is 7. The number of benzene rings is 1. The van der Waals surface area contributed by atoms with Crippen LogP contribution in [0.15, 0.2) is 12.1 Å². The van der Waals surface area contributed by atoms with Gasteiger partial charge in [-0.2, -0.15) is 0 Å². The van der Waals surface area contributed by atoms with Crippen LogP contribution in [0.3, 0.4) is 0 Å². The van der Waals surface area contributed by atoms with Crippen molar-refractivity contribution in [1.82, 2.24) is 0 Å². The number of fused-ring (bicyclic) bond motifs is 1. The third-order valence-corrected chi connectivity index (χ3v) is 3.24. The number of hydrogen-bond donors (Lipinski definition) is 0. The summed E-state index contributed by atoms with van der Waals surface area (Å²) >= 11 is 0. The largest absolute Gasteiger partial charge is 0.493 e. The number of carbonyl (C=O) groups is 1. The van der Waals surface area contributed by atoms with Crippen molar-refractivity contribution in [1.29, 1.82) is 0 Å². The molecular formula is C14H17NO7. The fraction of sp³-hybridized carbons (Fsp3) is 0.500. The molecule has 0 N–H and O–H groups in total. The SMILES string of the molecule is CCOC(=O)CC(C[N+](=O)[O-])c1cc(OC)c2c(c1)OCO2. The van der Waals surface area contributed by atoms with Crippen LogP contribution in [0.25, 0.3) is 0 Å². The van der Waals surface area contributed by atoms with E-state index in [-0.39, 0.29) is 26.4 Å². The van der Waals surface area contributed by atoms with Gasteiger partial charge in [0.15, 0.2) is 11.5 Å². The van der Waals surface area contributed by atoms with Crippen molar-refractivity contribution in [3.63, 3.8) is 0 Å². The van der Waals surface area contributed by atoms with E-state index in [0.717, 1.165) is 0 Å². The molecule has 120 valence electrons. The van der Waals surface area contributed by atoms with Crippen molar-refractivity contribution in [3.8, 4) is 17.2 Å². The van der Waals surface area contributed by atoms with Gasteiger partial charge in [0, 0.05) is 4.92 Å². The molecule has 0 aliphatic carbocycles. The number of rotatable bonds is 7. The molecule has 1 unspecified atom stereocenters. The zero-order valence-electron chi connectivity index (χ0n) is 12.4. The summed E-state index contributed by atoms with van der Waals surface area (Å²) in [6.07, 6.45) is -0.0857. The van der Waals surface area contributed by atoms with Gasteiger partial charge in [-0.25, -0.2) is 0 Å². The van der Waals surface area contributed by atoms with Crippen LogP contribution >= 0.6 is 0 Å². The van der Waals surface area contributed by atoms with Gasteiger partial charge in [0.25, 0.3) is 0 Å². The lowest BCUT2D eigenvalue weighted by atomic mass is 9.95. The van der Waals surface area contributed by atoms with Gasteiger partial charge in [0.1, 0.15) is 0 Å². The molecule has 0 bridgehead atoms. The monoisotopic (exact) mass is 311 g/mol. The maximum atomic E-state index is 11.7. The average molecular weight is 311 g/mol. The Kier molecular flexibility index (Phi) is 5.03. The summed E-state index contributed by atoms with van der Waals surface area (Å²) in [6, 6.07) is 3.26. The van der Waals surface area contributed by atoms with E-state index >= 15 is 0 Å². The van der Waals surface area contributed by atoms with Crippen LogP contribution in [-0.4, -0.2) is 37.9 Å². The third kappa shape index (κ3) is 3.57. The molecule has 8 heteroatoms. The molecule has 1 aliphatic heterocycles. The predicted molar refractivity (Wildman–Crippen MR) is 75.0 cm³/mol. The molecule has 1 atom stereocenters. The Bertz CT molecular complexity index is 573. The minimum Gasteiger partial charge on any atom is -0.493 e. The summed E-state index contributed by atoms with van der Waals surface area (Å²) in [5, 5.41) is 10.9. The van der Waals surface area contributed by atoms with E-state index in [4.69, 9.17) is 18.9 Å². The Labute approximate surface area is 127 Å². The van der Waals surface area contributed by atoms with E-state index in [1.165, 1.54) is 7.11 Å². The smallest absolute Gasteiger partial charge is 0.306 e. The van der Waals surface area contributed by atoms with E-state index in [2.05, 4.69) is 0 Å². The van der Waals surface area contributed by atoms with Gasteiger partial charge in [-0.05, 0) is 24.6 Å². The van der Waals surface area contributed by atoms with Gasteiger partial charge in [-0.3, -0.25) is 14.9 Å². The molecule has 1 aromatic rings. The lowest BCUT2D eigenvalue weighted by molar-refractivity contribution is -0.483. The third-order valence-electron chi connectivity index (χ3n) is 3.24. The molecule has 0 radical (unpaired) electrons. The first kappa shape index (κ1) is 15.9. The Hall–Kier alpha value is -2.51. The molecule has 8 nitrogen and oxygen atoms in total. The highest BCUT2D eigenvalue weighted by Crippen LogP contribution is 2.43. The number of carbonyl (C=O) groups excluding carboxylic acids is 1. The van der Waals surface area contributed by atoms with E-state index in [1.807, 2.05) is 0 Å². The van der Waals surface area contributed by atoms with E-state index in [1.54, 1.807) is 19.1 Å². The van der Waals surface area contributed by atoms with Crippen molar-refractivity contribution < 1.29 is 28.7 Å². The second-order valence-electron chi connectivity index (χ2n) is 4.68. The quantitative estimate of drug-likeness (QED) is 0.430. The topological polar surface area (TPSA) is 97.1 Å². The van der Waals surface area contributed by atoms with Crippen LogP contribution in [0, 0.1) is 10.1 Å². The molecule has 0 aromatic heterocycles. The fourth-order valence-corrected chi connectivity index (χ4v) is 2.27.